The van der Waals surface area contributed by atoms with Crippen LogP contribution >= 0.6 is 12.2 Å². The monoisotopic (exact) mass is 335 g/mol. The zero-order valence-electron chi connectivity index (χ0n) is 13.0. The molecule has 0 aliphatic rings. The summed E-state index contributed by atoms with van der Waals surface area (Å²) in [6.07, 6.45) is 1.000. The zero-order chi connectivity index (χ0) is 16.8. The van der Waals surface area contributed by atoms with E-state index in [4.69, 9.17) is 28.4 Å². The molecule has 1 atom stereocenters. The lowest BCUT2D eigenvalue weighted by Crippen LogP contribution is -2.20. The number of aromatic nitrogens is 2. The van der Waals surface area contributed by atoms with Crippen LogP contribution < -0.4 is 16.8 Å². The number of fused-ring (bicyclic) bond motifs is 1. The number of benzene rings is 1. The first-order valence-electron chi connectivity index (χ1n) is 7.42. The van der Waals surface area contributed by atoms with E-state index in [1.54, 1.807) is 6.07 Å². The van der Waals surface area contributed by atoms with E-state index in [1.165, 1.54) is 0 Å². The number of amides is 1. The minimum absolute atomic E-state index is 0.520. The molecule has 0 saturated carbocycles. The van der Waals surface area contributed by atoms with Crippen molar-refractivity contribution in [1.82, 2.24) is 15.3 Å². The molecule has 2 aromatic rings. The Morgan fingerprint density at radius 3 is 2.91 bits per heavy atom. The quantitative estimate of drug-likeness (QED) is 0.350. The molecular formula is C15H21N5O2S. The summed E-state index contributed by atoms with van der Waals surface area (Å²) in [4.78, 5) is 19.5. The fourth-order valence-corrected chi connectivity index (χ4v) is 2.44. The number of carbonyl (C=O) groups is 1. The SMILES string of the molecule is CC(=S)NCCCCC(OC(N)=O)c1nc2c(N)cccc2[nH]1. The van der Waals surface area contributed by atoms with E-state index in [9.17, 15) is 4.79 Å². The number of para-hydroxylation sites is 1. The number of anilines is 1. The molecule has 124 valence electrons. The minimum Gasteiger partial charge on any atom is -0.438 e. The molecule has 0 aliphatic heterocycles. The van der Waals surface area contributed by atoms with Gasteiger partial charge in [0.05, 0.1) is 16.2 Å². The third-order valence-electron chi connectivity index (χ3n) is 3.39. The average molecular weight is 335 g/mol. The summed E-state index contributed by atoms with van der Waals surface area (Å²) >= 11 is 4.96. The van der Waals surface area contributed by atoms with Crippen LogP contribution in [-0.4, -0.2) is 27.6 Å². The lowest BCUT2D eigenvalue weighted by atomic mass is 10.1. The van der Waals surface area contributed by atoms with Crippen molar-refractivity contribution in [2.75, 3.05) is 12.3 Å². The van der Waals surface area contributed by atoms with Gasteiger partial charge in [0, 0.05) is 6.54 Å². The first kappa shape index (κ1) is 17.0. The van der Waals surface area contributed by atoms with Crippen molar-refractivity contribution < 1.29 is 9.53 Å². The fourth-order valence-electron chi connectivity index (χ4n) is 2.34. The van der Waals surface area contributed by atoms with E-state index in [0.29, 0.717) is 23.4 Å². The summed E-state index contributed by atoms with van der Waals surface area (Å²) in [5.41, 5.74) is 13.1. The molecule has 0 radical (unpaired) electrons. The zero-order valence-corrected chi connectivity index (χ0v) is 13.8. The van der Waals surface area contributed by atoms with Crippen LogP contribution in [0.4, 0.5) is 10.5 Å². The molecule has 2 rings (SSSR count). The number of nitrogens with zero attached hydrogens (tertiary/aromatic N) is 1. The van der Waals surface area contributed by atoms with Gasteiger partial charge in [-0.3, -0.25) is 0 Å². The van der Waals surface area contributed by atoms with Crippen LogP contribution in [0.3, 0.4) is 0 Å². The molecule has 1 aromatic carbocycles. The fraction of sp³-hybridized carbons (Fsp3) is 0.400. The van der Waals surface area contributed by atoms with Gasteiger partial charge in [0.15, 0.2) is 6.10 Å². The number of primary amides is 1. The van der Waals surface area contributed by atoms with Gasteiger partial charge in [-0.1, -0.05) is 18.3 Å². The maximum atomic E-state index is 11.1. The number of rotatable bonds is 7. The summed E-state index contributed by atoms with van der Waals surface area (Å²) in [7, 11) is 0. The van der Waals surface area contributed by atoms with E-state index in [1.807, 2.05) is 19.1 Å². The van der Waals surface area contributed by atoms with Crippen molar-refractivity contribution in [2.24, 2.45) is 5.73 Å². The van der Waals surface area contributed by atoms with Gasteiger partial charge in [0.25, 0.3) is 0 Å². The predicted octanol–water partition coefficient (Wildman–Crippen LogP) is 2.39. The number of aromatic amines is 1. The van der Waals surface area contributed by atoms with Crippen LogP contribution in [0.25, 0.3) is 11.0 Å². The molecule has 6 N–H and O–H groups in total. The number of H-pyrrole nitrogens is 1. The summed E-state index contributed by atoms with van der Waals surface area (Å²) in [6, 6.07) is 5.48. The van der Waals surface area contributed by atoms with Gasteiger partial charge in [-0.15, -0.1) is 0 Å². The van der Waals surface area contributed by atoms with Crippen molar-refractivity contribution in [2.45, 2.75) is 32.3 Å². The van der Waals surface area contributed by atoms with Gasteiger partial charge in [-0.25, -0.2) is 9.78 Å². The normalized spacial score (nSPS) is 12.0. The van der Waals surface area contributed by atoms with E-state index in [0.717, 1.165) is 29.9 Å². The highest BCUT2D eigenvalue weighted by molar-refractivity contribution is 7.80. The second-order valence-corrected chi connectivity index (χ2v) is 5.88. The summed E-state index contributed by atoms with van der Waals surface area (Å²) in [5, 5.41) is 3.09. The minimum atomic E-state index is -0.823. The molecule has 1 unspecified atom stereocenters. The Hall–Kier alpha value is -2.35. The molecule has 0 aliphatic carbocycles. The van der Waals surface area contributed by atoms with Crippen LogP contribution in [0.5, 0.6) is 0 Å². The second-order valence-electron chi connectivity index (χ2n) is 5.27. The Bertz CT molecular complexity index is 700. The summed E-state index contributed by atoms with van der Waals surface area (Å²) < 4.78 is 5.19. The van der Waals surface area contributed by atoms with Gasteiger partial charge in [0.1, 0.15) is 11.3 Å². The molecule has 0 saturated heterocycles. The van der Waals surface area contributed by atoms with Crippen molar-refractivity contribution >= 4 is 40.0 Å². The maximum absolute atomic E-state index is 11.1. The highest BCUT2D eigenvalue weighted by Crippen LogP contribution is 2.26. The summed E-state index contributed by atoms with van der Waals surface area (Å²) in [6.45, 7) is 2.62. The largest absolute Gasteiger partial charge is 0.438 e. The molecule has 0 fully saturated rings. The lowest BCUT2D eigenvalue weighted by molar-refractivity contribution is 0.0951. The highest BCUT2D eigenvalue weighted by Gasteiger charge is 2.19. The Morgan fingerprint density at radius 1 is 1.48 bits per heavy atom. The lowest BCUT2D eigenvalue weighted by Gasteiger charge is -2.14. The van der Waals surface area contributed by atoms with Gasteiger partial charge in [-0.2, -0.15) is 0 Å². The van der Waals surface area contributed by atoms with Crippen LogP contribution in [0, 0.1) is 0 Å². The number of unbranched alkanes of at least 4 members (excludes halogenated alkanes) is 1. The van der Waals surface area contributed by atoms with Gasteiger partial charge >= 0.3 is 6.09 Å². The van der Waals surface area contributed by atoms with Crippen LogP contribution in [0.15, 0.2) is 18.2 Å². The number of hydrogen-bond acceptors (Lipinski definition) is 5. The number of nitrogens with two attached hydrogens (primary N) is 2. The van der Waals surface area contributed by atoms with Gasteiger partial charge in [-0.05, 0) is 38.3 Å². The Labute approximate surface area is 139 Å². The highest BCUT2D eigenvalue weighted by atomic mass is 32.1. The molecule has 1 amide bonds. The smallest absolute Gasteiger partial charge is 0.405 e. The number of nitrogen functional groups attached to an aromatic ring is 1. The topological polar surface area (TPSA) is 119 Å². The molecule has 7 nitrogen and oxygen atoms in total. The molecule has 1 heterocycles. The predicted molar refractivity (Wildman–Crippen MR) is 94.0 cm³/mol. The Morgan fingerprint density at radius 2 is 2.26 bits per heavy atom. The number of carbonyl (C=O) groups excluding carboxylic acids is 1. The van der Waals surface area contributed by atoms with Crippen LogP contribution in [0.2, 0.25) is 0 Å². The maximum Gasteiger partial charge on any atom is 0.405 e. The van der Waals surface area contributed by atoms with Crippen LogP contribution in [0.1, 0.15) is 38.1 Å². The molecule has 23 heavy (non-hydrogen) atoms. The van der Waals surface area contributed by atoms with Gasteiger partial charge < -0.3 is 26.5 Å². The van der Waals surface area contributed by atoms with Crippen molar-refractivity contribution in [3.05, 3.63) is 24.0 Å². The number of imidazole rings is 1. The molecule has 1 aromatic heterocycles. The Kier molecular flexibility index (Phi) is 5.75. The number of thiocarbonyl (C=S) groups is 1. The first-order chi connectivity index (χ1) is 11.0. The average Bonchev–Trinajstić information content (AvgIpc) is 2.90. The van der Waals surface area contributed by atoms with Crippen molar-refractivity contribution in [1.29, 1.82) is 0 Å². The van der Waals surface area contributed by atoms with E-state index < -0.39 is 12.2 Å². The molecular weight excluding hydrogens is 314 g/mol. The second kappa shape index (κ2) is 7.77. The molecule has 0 spiro atoms. The molecule has 0 bridgehead atoms. The van der Waals surface area contributed by atoms with E-state index >= 15 is 0 Å². The van der Waals surface area contributed by atoms with Crippen molar-refractivity contribution in [3.63, 3.8) is 0 Å². The summed E-state index contributed by atoms with van der Waals surface area (Å²) in [5.74, 6) is 0.552. The third-order valence-corrected chi connectivity index (χ3v) is 3.54. The van der Waals surface area contributed by atoms with Crippen molar-refractivity contribution in [3.8, 4) is 0 Å². The third kappa shape index (κ3) is 4.82. The molecule has 8 heteroatoms. The van der Waals surface area contributed by atoms with Crippen LogP contribution in [-0.2, 0) is 4.74 Å². The standard InChI is InChI=1S/C15H21N5O2S/c1-9(23)18-8-3-2-7-12(22-15(17)21)14-19-11-6-4-5-10(16)13(11)20-14/h4-6,12H,2-3,7-8,16H2,1H3,(H2,17,21)(H,18,23)(H,19,20). The first-order valence-corrected chi connectivity index (χ1v) is 7.83. The Balaban J connectivity index is 2.05. The number of hydrogen-bond donors (Lipinski definition) is 4. The van der Waals surface area contributed by atoms with E-state index in [-0.39, 0.29) is 0 Å². The van der Waals surface area contributed by atoms with Gasteiger partial charge in [0.2, 0.25) is 0 Å². The number of ether oxygens (including phenoxy) is 1. The van der Waals surface area contributed by atoms with E-state index in [2.05, 4.69) is 15.3 Å². The number of nitrogens with one attached hydrogen (secondary N) is 2.